The number of amides is 1. The Balaban J connectivity index is 1.77. The number of alkyl halides is 3. The first-order valence-electron chi connectivity index (χ1n) is 10.4. The minimum Gasteiger partial charge on any atom is -0.490 e. The minimum atomic E-state index is -4.83. The zero-order valence-corrected chi connectivity index (χ0v) is 19.2. The van der Waals surface area contributed by atoms with E-state index in [-0.39, 0.29) is 6.10 Å². The van der Waals surface area contributed by atoms with Gasteiger partial charge in [-0.3, -0.25) is 9.78 Å². The SMILES string of the molecule is CN(C(=O)c1cc(C(F)(F)F)cc(S(C)(=O)=O)c1)c1cnccc1-c1ccccc1OC1CC1. The van der Waals surface area contributed by atoms with Gasteiger partial charge in [0.25, 0.3) is 5.91 Å². The molecule has 10 heteroatoms. The highest BCUT2D eigenvalue weighted by Crippen LogP contribution is 2.39. The number of benzene rings is 2. The maximum atomic E-state index is 13.4. The van der Waals surface area contributed by atoms with Gasteiger partial charge < -0.3 is 9.64 Å². The number of para-hydroxylation sites is 1. The molecule has 6 nitrogen and oxygen atoms in total. The van der Waals surface area contributed by atoms with E-state index in [4.69, 9.17) is 4.74 Å². The molecule has 178 valence electrons. The molecule has 1 aliphatic rings. The van der Waals surface area contributed by atoms with Gasteiger partial charge in [-0.2, -0.15) is 13.2 Å². The molecule has 1 amide bonds. The smallest absolute Gasteiger partial charge is 0.416 e. The van der Waals surface area contributed by atoms with Crippen LogP contribution in [0.2, 0.25) is 0 Å². The molecule has 3 aromatic rings. The number of hydrogen-bond donors (Lipinski definition) is 0. The highest BCUT2D eigenvalue weighted by atomic mass is 32.2. The standard InChI is InChI=1S/C24H21F3N2O4S/c1-29(23(30)15-11-16(24(25,26)27)13-18(12-15)34(2,31)32)21-14-28-10-9-19(21)20-5-3-4-6-22(20)33-17-7-8-17/h3-6,9-14,17H,7-8H2,1-2H3. The number of sulfone groups is 1. The van der Waals surface area contributed by atoms with Crippen LogP contribution in [0.25, 0.3) is 11.1 Å². The van der Waals surface area contributed by atoms with Crippen LogP contribution in [0.15, 0.2) is 65.8 Å². The quantitative estimate of drug-likeness (QED) is 0.487. The average molecular weight is 491 g/mol. The number of rotatable bonds is 6. The van der Waals surface area contributed by atoms with Crippen molar-refractivity contribution in [2.45, 2.75) is 30.0 Å². The van der Waals surface area contributed by atoms with Gasteiger partial charge in [-0.1, -0.05) is 18.2 Å². The maximum absolute atomic E-state index is 13.4. The highest BCUT2D eigenvalue weighted by Gasteiger charge is 2.33. The predicted octanol–water partition coefficient (Wildman–Crippen LogP) is 4.99. The van der Waals surface area contributed by atoms with Crippen LogP contribution in [-0.4, -0.2) is 38.7 Å². The molecule has 0 radical (unpaired) electrons. The van der Waals surface area contributed by atoms with Gasteiger partial charge in [0, 0.05) is 36.2 Å². The summed E-state index contributed by atoms with van der Waals surface area (Å²) in [6.07, 6.45) is 0.958. The van der Waals surface area contributed by atoms with Crippen LogP contribution >= 0.6 is 0 Å². The normalized spacial score (nSPS) is 14.0. The monoisotopic (exact) mass is 490 g/mol. The molecule has 0 spiro atoms. The number of hydrogen-bond acceptors (Lipinski definition) is 5. The van der Waals surface area contributed by atoms with E-state index < -0.39 is 37.9 Å². The van der Waals surface area contributed by atoms with Crippen LogP contribution in [0.3, 0.4) is 0 Å². The number of carbonyl (C=O) groups excluding carboxylic acids is 1. The summed E-state index contributed by atoms with van der Waals surface area (Å²) in [6, 6.07) is 11.1. The Morgan fingerprint density at radius 3 is 2.44 bits per heavy atom. The van der Waals surface area contributed by atoms with Crippen molar-refractivity contribution in [3.05, 3.63) is 72.1 Å². The second kappa shape index (κ2) is 8.75. The molecular formula is C24H21F3N2O4S. The molecule has 2 aromatic carbocycles. The van der Waals surface area contributed by atoms with Gasteiger partial charge in [-0.15, -0.1) is 0 Å². The van der Waals surface area contributed by atoms with Crippen molar-refractivity contribution in [1.29, 1.82) is 0 Å². The maximum Gasteiger partial charge on any atom is 0.416 e. The van der Waals surface area contributed by atoms with Crippen molar-refractivity contribution in [2.24, 2.45) is 0 Å². The number of nitrogens with zero attached hydrogens (tertiary/aromatic N) is 2. The van der Waals surface area contributed by atoms with E-state index >= 15 is 0 Å². The van der Waals surface area contributed by atoms with Crippen LogP contribution in [0.1, 0.15) is 28.8 Å². The topological polar surface area (TPSA) is 76.6 Å². The van der Waals surface area contributed by atoms with E-state index in [9.17, 15) is 26.4 Å². The largest absolute Gasteiger partial charge is 0.490 e. The molecule has 1 aliphatic carbocycles. The van der Waals surface area contributed by atoms with Crippen LogP contribution in [0, 0.1) is 0 Å². The van der Waals surface area contributed by atoms with Crippen LogP contribution in [0.4, 0.5) is 18.9 Å². The Labute approximate surface area is 194 Å². The van der Waals surface area contributed by atoms with Crippen molar-refractivity contribution >= 4 is 21.4 Å². The van der Waals surface area contributed by atoms with Crippen LogP contribution in [-0.2, 0) is 16.0 Å². The highest BCUT2D eigenvalue weighted by molar-refractivity contribution is 7.90. The molecule has 0 atom stereocenters. The van der Waals surface area contributed by atoms with E-state index in [1.54, 1.807) is 6.07 Å². The Morgan fingerprint density at radius 1 is 1.09 bits per heavy atom. The van der Waals surface area contributed by atoms with Gasteiger partial charge in [-0.05, 0) is 43.2 Å². The molecule has 0 bridgehead atoms. The summed E-state index contributed by atoms with van der Waals surface area (Å²) in [5.41, 5.74) is -0.000716. The van der Waals surface area contributed by atoms with E-state index in [1.165, 1.54) is 19.4 Å². The van der Waals surface area contributed by atoms with Gasteiger partial charge >= 0.3 is 6.18 Å². The molecular weight excluding hydrogens is 469 g/mol. The number of pyridine rings is 1. The van der Waals surface area contributed by atoms with Gasteiger partial charge in [0.15, 0.2) is 9.84 Å². The number of anilines is 1. The van der Waals surface area contributed by atoms with E-state index in [1.807, 2.05) is 24.3 Å². The third-order valence-corrected chi connectivity index (χ3v) is 6.46. The third kappa shape index (κ3) is 5.06. The summed E-state index contributed by atoms with van der Waals surface area (Å²) < 4.78 is 70.2. The first-order valence-corrected chi connectivity index (χ1v) is 12.2. The van der Waals surface area contributed by atoms with Crippen LogP contribution < -0.4 is 9.64 Å². The molecule has 1 heterocycles. The Kier molecular flexibility index (Phi) is 6.11. The lowest BCUT2D eigenvalue weighted by Gasteiger charge is -2.22. The predicted molar refractivity (Wildman–Crippen MR) is 121 cm³/mol. The lowest BCUT2D eigenvalue weighted by atomic mass is 10.0. The first kappa shape index (κ1) is 23.7. The van der Waals surface area contributed by atoms with E-state index in [0.29, 0.717) is 34.7 Å². The molecule has 0 unspecified atom stereocenters. The summed E-state index contributed by atoms with van der Waals surface area (Å²) in [5, 5.41) is 0. The van der Waals surface area contributed by atoms with Gasteiger partial charge in [0.1, 0.15) is 5.75 Å². The van der Waals surface area contributed by atoms with Gasteiger partial charge in [-0.25, -0.2) is 8.42 Å². The summed E-state index contributed by atoms with van der Waals surface area (Å²) in [5.74, 6) is -0.192. The fourth-order valence-electron chi connectivity index (χ4n) is 3.44. The second-order valence-corrected chi connectivity index (χ2v) is 10.1. The lowest BCUT2D eigenvalue weighted by molar-refractivity contribution is -0.137. The number of carbonyl (C=O) groups is 1. The molecule has 1 saturated carbocycles. The average Bonchev–Trinajstić information content (AvgIpc) is 3.61. The molecule has 1 fully saturated rings. The minimum absolute atomic E-state index is 0.130. The molecule has 1 aromatic heterocycles. The van der Waals surface area contributed by atoms with Gasteiger partial charge in [0.05, 0.1) is 28.4 Å². The van der Waals surface area contributed by atoms with Gasteiger partial charge in [0.2, 0.25) is 0 Å². The Bertz CT molecular complexity index is 1350. The molecule has 0 N–H and O–H groups in total. The molecule has 0 aliphatic heterocycles. The summed E-state index contributed by atoms with van der Waals surface area (Å²) in [4.78, 5) is 17.9. The fourth-order valence-corrected chi connectivity index (χ4v) is 4.12. The Hall–Kier alpha value is -3.40. The second-order valence-electron chi connectivity index (χ2n) is 8.09. The number of halogens is 3. The van der Waals surface area contributed by atoms with Crippen molar-refractivity contribution in [2.75, 3.05) is 18.2 Å². The fraction of sp³-hybridized carbons (Fsp3) is 0.250. The summed E-state index contributed by atoms with van der Waals surface area (Å²) in [7, 11) is -2.60. The molecule has 0 saturated heterocycles. The van der Waals surface area contributed by atoms with Crippen molar-refractivity contribution < 1.29 is 31.1 Å². The number of aromatic nitrogens is 1. The number of ether oxygens (including phenoxy) is 1. The first-order chi connectivity index (χ1) is 15.9. The summed E-state index contributed by atoms with van der Waals surface area (Å²) in [6.45, 7) is 0. The van der Waals surface area contributed by atoms with Crippen molar-refractivity contribution in [1.82, 2.24) is 4.98 Å². The zero-order chi connectivity index (χ0) is 24.7. The Morgan fingerprint density at radius 2 is 1.79 bits per heavy atom. The third-order valence-electron chi connectivity index (χ3n) is 5.37. The molecule has 4 rings (SSSR count). The van der Waals surface area contributed by atoms with Crippen molar-refractivity contribution in [3.63, 3.8) is 0 Å². The van der Waals surface area contributed by atoms with Crippen LogP contribution in [0.5, 0.6) is 5.75 Å². The molecule has 34 heavy (non-hydrogen) atoms. The lowest BCUT2D eigenvalue weighted by Crippen LogP contribution is -2.27. The summed E-state index contributed by atoms with van der Waals surface area (Å²) >= 11 is 0. The van der Waals surface area contributed by atoms with E-state index in [0.717, 1.165) is 30.1 Å². The van der Waals surface area contributed by atoms with Crippen molar-refractivity contribution in [3.8, 4) is 16.9 Å². The zero-order valence-electron chi connectivity index (χ0n) is 18.3. The van der Waals surface area contributed by atoms with E-state index in [2.05, 4.69) is 4.98 Å².